The summed E-state index contributed by atoms with van der Waals surface area (Å²) >= 11 is 0. The highest BCUT2D eigenvalue weighted by Gasteiger charge is 2.14. The number of aromatic amines is 1. The second kappa shape index (κ2) is 7.58. The van der Waals surface area contributed by atoms with Gasteiger partial charge in [-0.15, -0.1) is 0 Å². The third kappa shape index (κ3) is 3.45. The van der Waals surface area contributed by atoms with Crippen molar-refractivity contribution in [3.05, 3.63) is 65.4 Å². The lowest BCUT2D eigenvalue weighted by atomic mass is 10.1. The first-order valence-corrected chi connectivity index (χ1v) is 8.36. The van der Waals surface area contributed by atoms with E-state index in [1.54, 1.807) is 24.3 Å². The number of para-hydroxylation sites is 3. The van der Waals surface area contributed by atoms with E-state index in [4.69, 9.17) is 4.74 Å². The number of fused-ring (bicyclic) bond motifs is 1. The predicted octanol–water partition coefficient (Wildman–Crippen LogP) is 4.42. The van der Waals surface area contributed by atoms with E-state index in [9.17, 15) is 10.1 Å². The molecular weight excluding hydrogens is 326 g/mol. The summed E-state index contributed by atoms with van der Waals surface area (Å²) < 4.78 is 5.51. The number of nitrogens with one attached hydrogen (secondary N) is 2. The quantitative estimate of drug-likeness (QED) is 0.531. The molecule has 0 radical (unpaired) electrons. The van der Waals surface area contributed by atoms with Crippen molar-refractivity contribution in [1.82, 2.24) is 4.98 Å². The zero-order valence-corrected chi connectivity index (χ0v) is 14.7. The fourth-order valence-electron chi connectivity index (χ4n) is 2.82. The van der Waals surface area contributed by atoms with E-state index < -0.39 is 5.91 Å². The maximum atomic E-state index is 12.6. The summed E-state index contributed by atoms with van der Waals surface area (Å²) in [5.41, 5.74) is 3.28. The molecule has 0 bridgehead atoms. The fourth-order valence-corrected chi connectivity index (χ4v) is 2.82. The lowest BCUT2D eigenvalue weighted by Crippen LogP contribution is -2.14. The normalized spacial score (nSPS) is 11.2. The number of carbonyl (C=O) groups is 1. The lowest BCUT2D eigenvalue weighted by molar-refractivity contribution is -0.112. The smallest absolute Gasteiger partial charge is 0.266 e. The van der Waals surface area contributed by atoms with Gasteiger partial charge in [-0.2, -0.15) is 5.26 Å². The lowest BCUT2D eigenvalue weighted by Gasteiger charge is -2.10. The van der Waals surface area contributed by atoms with Gasteiger partial charge in [-0.25, -0.2) is 0 Å². The Balaban J connectivity index is 1.94. The average Bonchev–Trinajstić information content (AvgIpc) is 2.96. The number of anilines is 1. The molecule has 0 unspecified atom stereocenters. The highest BCUT2D eigenvalue weighted by Crippen LogP contribution is 2.26. The number of hydrogen-bond acceptors (Lipinski definition) is 3. The van der Waals surface area contributed by atoms with Gasteiger partial charge in [-0.05, 0) is 38.1 Å². The Hall–Kier alpha value is -3.52. The largest absolute Gasteiger partial charge is 0.492 e. The Morgan fingerprint density at radius 1 is 1.23 bits per heavy atom. The number of aryl methyl sites for hydroxylation is 1. The van der Waals surface area contributed by atoms with Gasteiger partial charge in [0.1, 0.15) is 17.4 Å². The number of nitriles is 1. The molecule has 5 nitrogen and oxygen atoms in total. The zero-order valence-electron chi connectivity index (χ0n) is 14.7. The molecule has 1 heterocycles. The van der Waals surface area contributed by atoms with Crippen molar-refractivity contribution in [2.45, 2.75) is 13.8 Å². The summed E-state index contributed by atoms with van der Waals surface area (Å²) in [6, 6.07) is 16.9. The summed E-state index contributed by atoms with van der Waals surface area (Å²) in [4.78, 5) is 15.9. The molecular formula is C21H19N3O2. The minimum atomic E-state index is -0.468. The molecule has 1 aromatic heterocycles. The monoisotopic (exact) mass is 345 g/mol. The van der Waals surface area contributed by atoms with E-state index in [-0.39, 0.29) is 5.57 Å². The number of rotatable bonds is 5. The van der Waals surface area contributed by atoms with Gasteiger partial charge < -0.3 is 15.0 Å². The minimum absolute atomic E-state index is 0.0316. The van der Waals surface area contributed by atoms with Crippen molar-refractivity contribution in [2.75, 3.05) is 11.9 Å². The second-order valence-electron chi connectivity index (χ2n) is 5.76. The Labute approximate surface area is 151 Å². The first kappa shape index (κ1) is 17.3. The molecule has 0 saturated heterocycles. The maximum absolute atomic E-state index is 12.6. The molecule has 0 atom stereocenters. The summed E-state index contributed by atoms with van der Waals surface area (Å²) in [7, 11) is 0. The van der Waals surface area contributed by atoms with Crippen LogP contribution in [0.25, 0.3) is 17.0 Å². The van der Waals surface area contributed by atoms with Crippen LogP contribution >= 0.6 is 0 Å². The van der Waals surface area contributed by atoms with E-state index in [2.05, 4.69) is 10.3 Å². The second-order valence-corrected chi connectivity index (χ2v) is 5.76. The molecule has 26 heavy (non-hydrogen) atoms. The molecule has 0 aliphatic heterocycles. The molecule has 0 saturated carbocycles. The van der Waals surface area contributed by atoms with Gasteiger partial charge in [0.2, 0.25) is 0 Å². The molecule has 1 amide bonds. The summed E-state index contributed by atoms with van der Waals surface area (Å²) in [6.07, 6.45) is 1.62. The number of aromatic nitrogens is 1. The Kier molecular flexibility index (Phi) is 5.04. The Morgan fingerprint density at radius 2 is 1.96 bits per heavy atom. The van der Waals surface area contributed by atoms with E-state index in [1.807, 2.05) is 50.2 Å². The van der Waals surface area contributed by atoms with Crippen molar-refractivity contribution in [3.8, 4) is 11.8 Å². The van der Waals surface area contributed by atoms with Gasteiger partial charge in [0, 0.05) is 22.2 Å². The molecule has 0 aliphatic carbocycles. The molecule has 130 valence electrons. The van der Waals surface area contributed by atoms with Crippen LogP contribution in [0, 0.1) is 18.3 Å². The van der Waals surface area contributed by atoms with Crippen LogP contribution < -0.4 is 10.1 Å². The van der Waals surface area contributed by atoms with Crippen molar-refractivity contribution in [2.24, 2.45) is 0 Å². The molecule has 5 heteroatoms. The van der Waals surface area contributed by atoms with Gasteiger partial charge in [0.25, 0.3) is 5.91 Å². The van der Waals surface area contributed by atoms with Crippen molar-refractivity contribution < 1.29 is 9.53 Å². The van der Waals surface area contributed by atoms with Gasteiger partial charge in [0.15, 0.2) is 0 Å². The predicted molar refractivity (Wildman–Crippen MR) is 103 cm³/mol. The SMILES string of the molecule is CCOc1ccccc1NC(=O)/C(C#N)=C/c1c(C)[nH]c2ccccc12. The number of H-pyrrole nitrogens is 1. The number of ether oxygens (including phenoxy) is 1. The van der Waals surface area contributed by atoms with E-state index >= 15 is 0 Å². The first-order valence-electron chi connectivity index (χ1n) is 8.36. The van der Waals surface area contributed by atoms with E-state index in [0.29, 0.717) is 18.0 Å². The molecule has 3 aromatic rings. The maximum Gasteiger partial charge on any atom is 0.266 e. The summed E-state index contributed by atoms with van der Waals surface area (Å²) in [6.45, 7) is 4.28. The topological polar surface area (TPSA) is 77.9 Å². The molecule has 3 rings (SSSR count). The third-order valence-electron chi connectivity index (χ3n) is 4.03. The standard InChI is InChI=1S/C21H19N3O2/c1-3-26-20-11-7-6-10-19(20)24-21(25)15(13-22)12-17-14(2)23-18-9-5-4-8-16(17)18/h4-12,23H,3H2,1-2H3,(H,24,25)/b15-12+. The van der Waals surface area contributed by atoms with Crippen LogP contribution in [-0.2, 0) is 4.79 Å². The highest BCUT2D eigenvalue weighted by atomic mass is 16.5. The zero-order chi connectivity index (χ0) is 18.5. The summed E-state index contributed by atoms with van der Waals surface area (Å²) in [5.74, 6) is 0.105. The van der Waals surface area contributed by atoms with Crippen molar-refractivity contribution in [1.29, 1.82) is 5.26 Å². The number of nitrogens with zero attached hydrogens (tertiary/aromatic N) is 1. The van der Waals surface area contributed by atoms with Crippen LogP contribution in [0.15, 0.2) is 54.1 Å². The highest BCUT2D eigenvalue weighted by molar-refractivity contribution is 6.11. The van der Waals surface area contributed by atoms with Crippen LogP contribution in [0.5, 0.6) is 5.75 Å². The van der Waals surface area contributed by atoms with Crippen molar-refractivity contribution >= 4 is 28.6 Å². The number of hydrogen-bond donors (Lipinski definition) is 2. The van der Waals surface area contributed by atoms with E-state index in [1.165, 1.54) is 0 Å². The number of carbonyl (C=O) groups excluding carboxylic acids is 1. The van der Waals surface area contributed by atoms with Crippen LogP contribution in [0.1, 0.15) is 18.2 Å². The van der Waals surface area contributed by atoms with Crippen molar-refractivity contribution in [3.63, 3.8) is 0 Å². The third-order valence-corrected chi connectivity index (χ3v) is 4.03. The number of benzene rings is 2. The molecule has 2 N–H and O–H groups in total. The van der Waals surface area contributed by atoms with Gasteiger partial charge >= 0.3 is 0 Å². The molecule has 0 fully saturated rings. The van der Waals surface area contributed by atoms with Crippen LogP contribution in [0.2, 0.25) is 0 Å². The average molecular weight is 345 g/mol. The molecule has 0 spiro atoms. The van der Waals surface area contributed by atoms with Crippen LogP contribution in [0.4, 0.5) is 5.69 Å². The van der Waals surface area contributed by atoms with E-state index in [0.717, 1.165) is 22.2 Å². The Bertz CT molecular complexity index is 1030. The number of amides is 1. The molecule has 2 aromatic carbocycles. The fraction of sp³-hybridized carbons (Fsp3) is 0.143. The van der Waals surface area contributed by atoms with Gasteiger partial charge in [-0.3, -0.25) is 4.79 Å². The minimum Gasteiger partial charge on any atom is -0.492 e. The summed E-state index contributed by atoms with van der Waals surface area (Å²) in [5, 5.41) is 13.2. The molecule has 0 aliphatic rings. The van der Waals surface area contributed by atoms with Gasteiger partial charge in [-0.1, -0.05) is 30.3 Å². The first-order chi connectivity index (χ1) is 12.6. The Morgan fingerprint density at radius 3 is 2.73 bits per heavy atom. The van der Waals surface area contributed by atoms with Crippen LogP contribution in [-0.4, -0.2) is 17.5 Å². The van der Waals surface area contributed by atoms with Crippen LogP contribution in [0.3, 0.4) is 0 Å². The van der Waals surface area contributed by atoms with Gasteiger partial charge in [0.05, 0.1) is 12.3 Å².